The molecule has 1 aliphatic rings. The van der Waals surface area contributed by atoms with Gasteiger partial charge in [-0.2, -0.15) is 0 Å². The van der Waals surface area contributed by atoms with Crippen molar-refractivity contribution in [3.8, 4) is 0 Å². The summed E-state index contributed by atoms with van der Waals surface area (Å²) in [4.78, 5) is 13.3. The Kier molecular flexibility index (Phi) is 3.56. The molecule has 0 aromatic heterocycles. The van der Waals surface area contributed by atoms with Crippen LogP contribution in [0.3, 0.4) is 0 Å². The minimum Gasteiger partial charge on any atom is -0.334 e. The van der Waals surface area contributed by atoms with E-state index in [1.807, 2.05) is 0 Å². The summed E-state index contributed by atoms with van der Waals surface area (Å²) in [5.41, 5.74) is 0.552. The van der Waals surface area contributed by atoms with Crippen molar-refractivity contribution in [2.75, 3.05) is 13.1 Å². The van der Waals surface area contributed by atoms with Gasteiger partial charge < -0.3 is 10.2 Å². The van der Waals surface area contributed by atoms with Gasteiger partial charge >= 0.3 is 6.03 Å². The predicted octanol–water partition coefficient (Wildman–Crippen LogP) is 2.27. The molecule has 2 amide bonds. The normalized spacial score (nSPS) is 15.1. The van der Waals surface area contributed by atoms with Crippen molar-refractivity contribution >= 4 is 6.03 Å². The highest BCUT2D eigenvalue weighted by atomic mass is 19.2. The van der Waals surface area contributed by atoms with Gasteiger partial charge in [-0.05, 0) is 30.5 Å². The second-order valence-electron chi connectivity index (χ2n) is 4.10. The van der Waals surface area contributed by atoms with Crippen LogP contribution >= 0.6 is 0 Å². The lowest BCUT2D eigenvalue weighted by Crippen LogP contribution is -2.37. The zero-order valence-corrected chi connectivity index (χ0v) is 9.38. The van der Waals surface area contributed by atoms with E-state index in [0.29, 0.717) is 5.56 Å². The predicted molar refractivity (Wildman–Crippen MR) is 59.4 cm³/mol. The molecule has 0 radical (unpaired) electrons. The zero-order valence-electron chi connectivity index (χ0n) is 9.38. The van der Waals surface area contributed by atoms with Crippen LogP contribution in [0, 0.1) is 11.6 Å². The van der Waals surface area contributed by atoms with Crippen LogP contribution in [0.4, 0.5) is 13.6 Å². The van der Waals surface area contributed by atoms with E-state index in [9.17, 15) is 13.6 Å². The van der Waals surface area contributed by atoms with Gasteiger partial charge in [-0.3, -0.25) is 0 Å². The summed E-state index contributed by atoms with van der Waals surface area (Å²) < 4.78 is 25.6. The van der Waals surface area contributed by atoms with Crippen LogP contribution in [0.1, 0.15) is 18.4 Å². The minimum atomic E-state index is -0.891. The molecule has 0 unspecified atom stereocenters. The number of carbonyl (C=O) groups excluding carboxylic acids is 1. The quantitative estimate of drug-likeness (QED) is 0.845. The number of benzene rings is 1. The van der Waals surface area contributed by atoms with Crippen LogP contribution in [0.2, 0.25) is 0 Å². The van der Waals surface area contributed by atoms with Gasteiger partial charge in [0.25, 0.3) is 0 Å². The van der Waals surface area contributed by atoms with Crippen molar-refractivity contribution in [3.63, 3.8) is 0 Å². The van der Waals surface area contributed by atoms with Crippen LogP contribution in [-0.2, 0) is 6.54 Å². The van der Waals surface area contributed by atoms with E-state index in [4.69, 9.17) is 0 Å². The fraction of sp³-hybridized carbons (Fsp3) is 0.417. The second-order valence-corrected chi connectivity index (χ2v) is 4.10. The molecular weight excluding hydrogens is 226 g/mol. The van der Waals surface area contributed by atoms with Crippen molar-refractivity contribution in [1.82, 2.24) is 10.2 Å². The summed E-state index contributed by atoms with van der Waals surface area (Å²) >= 11 is 0. The molecule has 1 aromatic rings. The fourth-order valence-corrected chi connectivity index (χ4v) is 1.86. The molecule has 0 aliphatic carbocycles. The van der Waals surface area contributed by atoms with Gasteiger partial charge in [0, 0.05) is 19.6 Å². The van der Waals surface area contributed by atoms with Crippen LogP contribution in [-0.4, -0.2) is 24.0 Å². The Morgan fingerprint density at radius 3 is 2.59 bits per heavy atom. The van der Waals surface area contributed by atoms with E-state index in [1.54, 1.807) is 4.90 Å². The topological polar surface area (TPSA) is 32.3 Å². The number of hydrogen-bond acceptors (Lipinski definition) is 1. The summed E-state index contributed by atoms with van der Waals surface area (Å²) in [6.45, 7) is 1.75. The van der Waals surface area contributed by atoms with E-state index >= 15 is 0 Å². The smallest absolute Gasteiger partial charge is 0.317 e. The highest BCUT2D eigenvalue weighted by Crippen LogP contribution is 2.10. The van der Waals surface area contributed by atoms with Gasteiger partial charge in [0.05, 0.1) is 0 Å². The molecule has 0 bridgehead atoms. The Balaban J connectivity index is 1.88. The molecule has 1 fully saturated rings. The Labute approximate surface area is 98.4 Å². The Hall–Kier alpha value is -1.65. The number of nitrogens with zero attached hydrogens (tertiary/aromatic N) is 1. The maximum atomic E-state index is 12.9. The van der Waals surface area contributed by atoms with Crippen molar-refractivity contribution in [3.05, 3.63) is 35.4 Å². The first-order chi connectivity index (χ1) is 8.16. The molecule has 1 aliphatic heterocycles. The van der Waals surface area contributed by atoms with E-state index < -0.39 is 11.6 Å². The van der Waals surface area contributed by atoms with Crippen LogP contribution in [0.25, 0.3) is 0 Å². The summed E-state index contributed by atoms with van der Waals surface area (Å²) in [5, 5.41) is 2.69. The standard InChI is InChI=1S/C12H14F2N2O/c13-10-4-3-9(7-11(10)14)8-15-12(17)16-5-1-2-6-16/h3-4,7H,1-2,5-6,8H2,(H,15,17). The highest BCUT2D eigenvalue weighted by Gasteiger charge is 2.17. The number of urea groups is 1. The summed E-state index contributed by atoms with van der Waals surface area (Å²) in [7, 11) is 0. The van der Waals surface area contributed by atoms with Crippen molar-refractivity contribution in [1.29, 1.82) is 0 Å². The van der Waals surface area contributed by atoms with Gasteiger partial charge in [-0.1, -0.05) is 6.07 Å². The molecule has 1 aromatic carbocycles. The zero-order chi connectivity index (χ0) is 12.3. The van der Waals surface area contributed by atoms with Gasteiger partial charge in [0.15, 0.2) is 11.6 Å². The lowest BCUT2D eigenvalue weighted by Gasteiger charge is -2.16. The fourth-order valence-electron chi connectivity index (χ4n) is 1.86. The molecule has 0 spiro atoms. The third kappa shape index (κ3) is 2.93. The first-order valence-corrected chi connectivity index (χ1v) is 5.63. The average molecular weight is 240 g/mol. The van der Waals surface area contributed by atoms with Crippen molar-refractivity contribution in [2.24, 2.45) is 0 Å². The van der Waals surface area contributed by atoms with E-state index in [0.717, 1.165) is 38.1 Å². The largest absolute Gasteiger partial charge is 0.334 e. The summed E-state index contributed by atoms with van der Waals surface area (Å²) in [6.07, 6.45) is 2.05. The number of halogens is 2. The van der Waals surface area contributed by atoms with Crippen LogP contribution < -0.4 is 5.32 Å². The number of carbonyl (C=O) groups is 1. The number of hydrogen-bond donors (Lipinski definition) is 1. The minimum absolute atomic E-state index is 0.146. The highest BCUT2D eigenvalue weighted by molar-refractivity contribution is 5.74. The third-order valence-corrected chi connectivity index (χ3v) is 2.82. The molecule has 5 heteroatoms. The monoisotopic (exact) mass is 240 g/mol. The van der Waals surface area contributed by atoms with Crippen molar-refractivity contribution in [2.45, 2.75) is 19.4 Å². The number of rotatable bonds is 2. The average Bonchev–Trinajstić information content (AvgIpc) is 2.84. The Morgan fingerprint density at radius 1 is 1.24 bits per heavy atom. The molecule has 17 heavy (non-hydrogen) atoms. The number of nitrogens with one attached hydrogen (secondary N) is 1. The van der Waals surface area contributed by atoms with E-state index in [-0.39, 0.29) is 12.6 Å². The van der Waals surface area contributed by atoms with Gasteiger partial charge in [-0.15, -0.1) is 0 Å². The number of amides is 2. The Bertz CT molecular complexity index is 417. The molecule has 1 N–H and O–H groups in total. The van der Waals surface area contributed by atoms with Gasteiger partial charge in [0.1, 0.15) is 0 Å². The maximum Gasteiger partial charge on any atom is 0.317 e. The molecule has 2 rings (SSSR count). The molecule has 0 atom stereocenters. The number of likely N-dealkylation sites (tertiary alicyclic amines) is 1. The molecule has 0 saturated carbocycles. The summed E-state index contributed by atoms with van der Waals surface area (Å²) in [6, 6.07) is 3.47. The SMILES string of the molecule is O=C(NCc1ccc(F)c(F)c1)N1CCCC1. The molecule has 1 saturated heterocycles. The molecule has 1 heterocycles. The maximum absolute atomic E-state index is 12.9. The molecular formula is C12H14F2N2O. The first kappa shape index (κ1) is 11.8. The van der Waals surface area contributed by atoms with Crippen LogP contribution in [0.5, 0.6) is 0 Å². The Morgan fingerprint density at radius 2 is 1.94 bits per heavy atom. The van der Waals surface area contributed by atoms with E-state index in [2.05, 4.69) is 5.32 Å². The summed E-state index contributed by atoms with van der Waals surface area (Å²) in [5.74, 6) is -1.77. The lowest BCUT2D eigenvalue weighted by molar-refractivity contribution is 0.208. The van der Waals surface area contributed by atoms with E-state index in [1.165, 1.54) is 6.07 Å². The van der Waals surface area contributed by atoms with Crippen molar-refractivity contribution < 1.29 is 13.6 Å². The second kappa shape index (κ2) is 5.12. The van der Waals surface area contributed by atoms with Crippen LogP contribution in [0.15, 0.2) is 18.2 Å². The third-order valence-electron chi connectivity index (χ3n) is 2.82. The van der Waals surface area contributed by atoms with Gasteiger partial charge in [0.2, 0.25) is 0 Å². The molecule has 92 valence electrons. The lowest BCUT2D eigenvalue weighted by atomic mass is 10.2. The molecule has 3 nitrogen and oxygen atoms in total. The van der Waals surface area contributed by atoms with Gasteiger partial charge in [-0.25, -0.2) is 13.6 Å². The first-order valence-electron chi connectivity index (χ1n) is 5.63.